The number of aromatic nitrogens is 1. The number of pyridine rings is 1. The van der Waals surface area contributed by atoms with E-state index < -0.39 is 0 Å². The van der Waals surface area contributed by atoms with Gasteiger partial charge in [0.05, 0.1) is 10.6 Å². The fraction of sp³-hybridized carbons (Fsp3) is 0.192. The molecule has 4 rings (SSSR count). The molecule has 1 saturated carbocycles. The summed E-state index contributed by atoms with van der Waals surface area (Å²) >= 11 is 6.25. The molecule has 4 nitrogen and oxygen atoms in total. The number of benzene rings is 2. The van der Waals surface area contributed by atoms with E-state index >= 15 is 0 Å². The maximum absolute atomic E-state index is 12.8. The van der Waals surface area contributed by atoms with Crippen molar-refractivity contribution in [3.05, 3.63) is 93.6 Å². The van der Waals surface area contributed by atoms with Crippen molar-refractivity contribution >= 4 is 29.1 Å². The van der Waals surface area contributed by atoms with Gasteiger partial charge in [-0.3, -0.25) is 9.59 Å². The van der Waals surface area contributed by atoms with Crippen molar-refractivity contribution in [2.75, 3.05) is 5.32 Å². The molecular formula is C26H21ClN2O2. The molecule has 0 saturated heterocycles. The maximum atomic E-state index is 12.8. The molecule has 2 aromatic carbocycles. The van der Waals surface area contributed by atoms with Gasteiger partial charge in [0.15, 0.2) is 0 Å². The molecule has 1 N–H and O–H groups in total. The molecule has 5 heteroatoms. The number of halogens is 1. The van der Waals surface area contributed by atoms with Crippen molar-refractivity contribution < 1.29 is 9.59 Å². The van der Waals surface area contributed by atoms with Gasteiger partial charge in [0.25, 0.3) is 5.91 Å². The normalized spacial score (nSPS) is 12.6. The summed E-state index contributed by atoms with van der Waals surface area (Å²) in [6.45, 7) is 1.86. The third-order valence-electron chi connectivity index (χ3n) is 5.12. The van der Waals surface area contributed by atoms with Crippen molar-refractivity contribution in [2.45, 2.75) is 26.2 Å². The van der Waals surface area contributed by atoms with Crippen LogP contribution in [-0.4, -0.2) is 16.7 Å². The molecule has 1 heterocycles. The Morgan fingerprint density at radius 3 is 2.52 bits per heavy atom. The number of Topliss-reactive ketones (excluding diaryl/α,β-unsaturated/α-hetero) is 1. The SMILES string of the molecule is Cc1cc(C#Cc2ccccc2)cnc1NC(=O)c1cc(CC(=O)C2CC2)ccc1Cl. The van der Waals surface area contributed by atoms with E-state index in [1.54, 1.807) is 24.4 Å². The Balaban J connectivity index is 1.48. The molecule has 0 unspecified atom stereocenters. The molecule has 0 spiro atoms. The molecule has 1 amide bonds. The van der Waals surface area contributed by atoms with E-state index in [1.165, 1.54) is 0 Å². The van der Waals surface area contributed by atoms with E-state index in [4.69, 9.17) is 11.6 Å². The Bertz CT molecular complexity index is 1210. The number of aryl methyl sites for hydroxylation is 1. The summed E-state index contributed by atoms with van der Waals surface area (Å²) in [5, 5.41) is 3.15. The van der Waals surface area contributed by atoms with Gasteiger partial charge in [-0.25, -0.2) is 4.98 Å². The van der Waals surface area contributed by atoms with Crippen LogP contribution in [0.5, 0.6) is 0 Å². The van der Waals surface area contributed by atoms with Gasteiger partial charge in [-0.2, -0.15) is 0 Å². The van der Waals surface area contributed by atoms with Gasteiger partial charge in [-0.1, -0.05) is 47.7 Å². The molecule has 1 aliphatic rings. The number of hydrogen-bond acceptors (Lipinski definition) is 3. The third kappa shape index (κ3) is 5.39. The van der Waals surface area contributed by atoms with E-state index in [2.05, 4.69) is 22.1 Å². The van der Waals surface area contributed by atoms with E-state index in [1.807, 2.05) is 43.3 Å². The van der Waals surface area contributed by atoms with Gasteiger partial charge in [0, 0.05) is 29.7 Å². The lowest BCUT2D eigenvalue weighted by Crippen LogP contribution is -2.15. The minimum absolute atomic E-state index is 0.184. The molecule has 0 atom stereocenters. The Morgan fingerprint density at radius 2 is 1.81 bits per heavy atom. The minimum atomic E-state index is -0.357. The summed E-state index contributed by atoms with van der Waals surface area (Å²) in [7, 11) is 0. The number of carbonyl (C=O) groups is 2. The van der Waals surface area contributed by atoms with Crippen LogP contribution in [0.3, 0.4) is 0 Å². The van der Waals surface area contributed by atoms with Crippen LogP contribution in [0.1, 0.15) is 45.5 Å². The first-order chi connectivity index (χ1) is 15.0. The first-order valence-corrected chi connectivity index (χ1v) is 10.5. The molecule has 3 aromatic rings. The van der Waals surface area contributed by atoms with Gasteiger partial charge >= 0.3 is 0 Å². The lowest BCUT2D eigenvalue weighted by Gasteiger charge is -2.10. The number of carbonyl (C=O) groups excluding carboxylic acids is 2. The minimum Gasteiger partial charge on any atom is -0.306 e. The highest BCUT2D eigenvalue weighted by Crippen LogP contribution is 2.31. The lowest BCUT2D eigenvalue weighted by atomic mass is 10.0. The summed E-state index contributed by atoms with van der Waals surface area (Å²) in [4.78, 5) is 29.3. The highest BCUT2D eigenvalue weighted by atomic mass is 35.5. The van der Waals surface area contributed by atoms with Crippen LogP contribution >= 0.6 is 11.6 Å². The van der Waals surface area contributed by atoms with Crippen molar-refractivity contribution in [3.63, 3.8) is 0 Å². The van der Waals surface area contributed by atoms with Crippen LogP contribution in [0.4, 0.5) is 5.82 Å². The molecule has 0 radical (unpaired) electrons. The maximum Gasteiger partial charge on any atom is 0.258 e. The average Bonchev–Trinajstić information content (AvgIpc) is 3.61. The number of amides is 1. The number of nitrogens with one attached hydrogen (secondary N) is 1. The Morgan fingerprint density at radius 1 is 1.06 bits per heavy atom. The summed E-state index contributed by atoms with van der Waals surface area (Å²) in [6.07, 6.45) is 3.89. The van der Waals surface area contributed by atoms with Crippen molar-refractivity contribution in [2.24, 2.45) is 5.92 Å². The van der Waals surface area contributed by atoms with E-state index in [0.29, 0.717) is 22.8 Å². The van der Waals surface area contributed by atoms with E-state index in [9.17, 15) is 9.59 Å². The second-order valence-corrected chi connectivity index (χ2v) is 8.10. The summed E-state index contributed by atoms with van der Waals surface area (Å²) in [5.74, 6) is 6.68. The van der Waals surface area contributed by atoms with Crippen molar-refractivity contribution in [1.82, 2.24) is 4.98 Å². The van der Waals surface area contributed by atoms with Crippen LogP contribution in [-0.2, 0) is 11.2 Å². The number of ketones is 1. The summed E-state index contributed by atoms with van der Waals surface area (Å²) < 4.78 is 0. The smallest absolute Gasteiger partial charge is 0.258 e. The van der Waals surface area contributed by atoms with Crippen LogP contribution in [0, 0.1) is 24.7 Å². The van der Waals surface area contributed by atoms with Crippen LogP contribution < -0.4 is 5.32 Å². The number of nitrogens with zero attached hydrogens (tertiary/aromatic N) is 1. The third-order valence-corrected chi connectivity index (χ3v) is 5.45. The molecular weight excluding hydrogens is 408 g/mol. The van der Waals surface area contributed by atoms with Gasteiger partial charge in [0.1, 0.15) is 11.6 Å². The molecule has 1 aliphatic carbocycles. The number of hydrogen-bond donors (Lipinski definition) is 1. The number of anilines is 1. The molecule has 0 aliphatic heterocycles. The van der Waals surface area contributed by atoms with Gasteiger partial charge in [0.2, 0.25) is 0 Å². The second kappa shape index (κ2) is 9.16. The standard InChI is InChI=1S/C26H21ClN2O2/c1-17-13-20(8-7-18-5-3-2-4-6-18)16-28-25(17)29-26(31)22-14-19(9-12-23(22)27)15-24(30)21-10-11-21/h2-6,9,12-14,16,21H,10-11,15H2,1H3,(H,28,29,31). The number of rotatable bonds is 5. The zero-order chi connectivity index (χ0) is 21.8. The predicted octanol–water partition coefficient (Wildman–Crippen LogP) is 5.22. The quantitative estimate of drug-likeness (QED) is 0.567. The molecule has 154 valence electrons. The summed E-state index contributed by atoms with van der Waals surface area (Å²) in [6, 6.07) is 16.7. The largest absolute Gasteiger partial charge is 0.306 e. The fourth-order valence-electron chi connectivity index (χ4n) is 3.22. The Labute approximate surface area is 186 Å². The first kappa shape index (κ1) is 20.8. The van der Waals surface area contributed by atoms with Crippen molar-refractivity contribution in [3.8, 4) is 11.8 Å². The Kier molecular flexibility index (Phi) is 6.16. The average molecular weight is 429 g/mol. The molecule has 0 bridgehead atoms. The summed E-state index contributed by atoms with van der Waals surface area (Å²) in [5.41, 5.74) is 3.61. The second-order valence-electron chi connectivity index (χ2n) is 7.69. The van der Waals surface area contributed by atoms with E-state index in [0.717, 1.165) is 35.1 Å². The van der Waals surface area contributed by atoms with Gasteiger partial charge in [-0.15, -0.1) is 0 Å². The first-order valence-electron chi connectivity index (χ1n) is 10.2. The highest BCUT2D eigenvalue weighted by Gasteiger charge is 2.29. The van der Waals surface area contributed by atoms with Gasteiger partial charge < -0.3 is 5.32 Å². The highest BCUT2D eigenvalue weighted by molar-refractivity contribution is 6.34. The van der Waals surface area contributed by atoms with Crippen molar-refractivity contribution in [1.29, 1.82) is 0 Å². The van der Waals surface area contributed by atoms with E-state index in [-0.39, 0.29) is 17.6 Å². The van der Waals surface area contributed by atoms with Crippen LogP contribution in [0.15, 0.2) is 60.8 Å². The van der Waals surface area contributed by atoms with Crippen LogP contribution in [0.25, 0.3) is 0 Å². The van der Waals surface area contributed by atoms with Gasteiger partial charge in [-0.05, 0) is 61.2 Å². The molecule has 1 aromatic heterocycles. The molecule has 31 heavy (non-hydrogen) atoms. The predicted molar refractivity (Wildman–Crippen MR) is 122 cm³/mol. The zero-order valence-electron chi connectivity index (χ0n) is 17.1. The Hall–Kier alpha value is -3.42. The molecule has 1 fully saturated rings. The fourth-order valence-corrected chi connectivity index (χ4v) is 3.43. The topological polar surface area (TPSA) is 59.1 Å². The van der Waals surface area contributed by atoms with Crippen LogP contribution in [0.2, 0.25) is 5.02 Å². The lowest BCUT2D eigenvalue weighted by molar-refractivity contribution is -0.119. The zero-order valence-corrected chi connectivity index (χ0v) is 17.9. The monoisotopic (exact) mass is 428 g/mol.